The maximum atomic E-state index is 12.4. The Morgan fingerprint density at radius 3 is 2.64 bits per heavy atom. The zero-order chi connectivity index (χ0) is 15.8. The lowest BCUT2D eigenvalue weighted by Gasteiger charge is -2.12. The highest BCUT2D eigenvalue weighted by Crippen LogP contribution is 2.23. The summed E-state index contributed by atoms with van der Waals surface area (Å²) in [5.41, 5.74) is 2.87. The zero-order valence-electron chi connectivity index (χ0n) is 13.2. The van der Waals surface area contributed by atoms with Gasteiger partial charge >= 0.3 is 0 Å². The molecule has 0 saturated heterocycles. The molecule has 2 aromatic carbocycles. The molecule has 2 rings (SSSR count). The highest BCUT2D eigenvalue weighted by molar-refractivity contribution is 7.99. The molecule has 3 heteroatoms. The third-order valence-electron chi connectivity index (χ3n) is 3.25. The molecule has 0 amide bonds. The van der Waals surface area contributed by atoms with Gasteiger partial charge in [0.15, 0.2) is 5.78 Å². The van der Waals surface area contributed by atoms with Gasteiger partial charge in [-0.05, 0) is 36.8 Å². The van der Waals surface area contributed by atoms with Gasteiger partial charge in [-0.3, -0.25) is 4.79 Å². The van der Waals surface area contributed by atoms with Crippen LogP contribution in [-0.2, 0) is 6.61 Å². The van der Waals surface area contributed by atoms with Crippen molar-refractivity contribution < 1.29 is 9.53 Å². The number of ketones is 1. The fourth-order valence-electron chi connectivity index (χ4n) is 2.11. The zero-order valence-corrected chi connectivity index (χ0v) is 14.0. The number of Topliss-reactive ketones (excluding diaryl/α,β-unsaturated/α-hetero) is 1. The molecular formula is C19H22O2S. The molecule has 0 aliphatic carbocycles. The number of hydrogen-bond donors (Lipinski definition) is 0. The fraction of sp³-hybridized carbons (Fsp3) is 0.316. The van der Waals surface area contributed by atoms with E-state index in [9.17, 15) is 4.79 Å². The largest absolute Gasteiger partial charge is 0.488 e. The lowest BCUT2D eigenvalue weighted by Crippen LogP contribution is -2.07. The maximum Gasteiger partial charge on any atom is 0.176 e. The molecule has 116 valence electrons. The Morgan fingerprint density at radius 1 is 1.14 bits per heavy atom. The molecule has 0 atom stereocenters. The molecule has 0 N–H and O–H groups in total. The van der Waals surface area contributed by atoms with Crippen LogP contribution in [0.25, 0.3) is 0 Å². The van der Waals surface area contributed by atoms with E-state index in [4.69, 9.17) is 4.74 Å². The van der Waals surface area contributed by atoms with Gasteiger partial charge in [-0.2, -0.15) is 11.8 Å². The first kappa shape index (κ1) is 16.6. The summed E-state index contributed by atoms with van der Waals surface area (Å²) < 4.78 is 5.88. The molecule has 2 aromatic rings. The van der Waals surface area contributed by atoms with Gasteiger partial charge in [0.1, 0.15) is 12.4 Å². The topological polar surface area (TPSA) is 26.3 Å². The molecule has 0 bridgehead atoms. The summed E-state index contributed by atoms with van der Waals surface area (Å²) in [6.07, 6.45) is 1.09. The lowest BCUT2D eigenvalue weighted by molar-refractivity contribution is 0.101. The third-order valence-corrected chi connectivity index (χ3v) is 4.42. The van der Waals surface area contributed by atoms with E-state index in [1.807, 2.05) is 55.5 Å². The average Bonchev–Trinajstić information content (AvgIpc) is 2.54. The Kier molecular flexibility index (Phi) is 6.53. The van der Waals surface area contributed by atoms with Gasteiger partial charge in [0.25, 0.3) is 0 Å². The first-order valence-corrected chi connectivity index (χ1v) is 8.74. The molecule has 0 heterocycles. The van der Waals surface area contributed by atoms with Crippen LogP contribution in [0.15, 0.2) is 48.5 Å². The quantitative estimate of drug-likeness (QED) is 0.512. The van der Waals surface area contributed by atoms with Crippen molar-refractivity contribution >= 4 is 17.5 Å². The molecule has 2 nitrogen and oxygen atoms in total. The number of benzene rings is 2. The van der Waals surface area contributed by atoms with Crippen molar-refractivity contribution in [1.29, 1.82) is 0 Å². The van der Waals surface area contributed by atoms with Crippen LogP contribution < -0.4 is 4.74 Å². The number of thioether (sulfide) groups is 1. The first-order valence-electron chi connectivity index (χ1n) is 7.59. The van der Waals surface area contributed by atoms with E-state index in [1.165, 1.54) is 0 Å². The molecule has 22 heavy (non-hydrogen) atoms. The van der Waals surface area contributed by atoms with Gasteiger partial charge in [-0.15, -0.1) is 0 Å². The van der Waals surface area contributed by atoms with Crippen molar-refractivity contribution in [1.82, 2.24) is 0 Å². The molecule has 0 aliphatic heterocycles. The van der Waals surface area contributed by atoms with E-state index < -0.39 is 0 Å². The Bertz CT molecular complexity index is 608. The molecular weight excluding hydrogens is 292 g/mol. The van der Waals surface area contributed by atoms with Crippen LogP contribution in [0, 0.1) is 6.92 Å². The number of carbonyl (C=O) groups excluding carboxylic acids is 1. The smallest absolute Gasteiger partial charge is 0.176 e. The normalized spacial score (nSPS) is 10.5. The number of ether oxygens (including phenoxy) is 1. The monoisotopic (exact) mass is 314 g/mol. The van der Waals surface area contributed by atoms with E-state index in [-0.39, 0.29) is 5.78 Å². The molecule has 0 fully saturated rings. The van der Waals surface area contributed by atoms with Crippen LogP contribution in [0.2, 0.25) is 0 Å². The van der Waals surface area contributed by atoms with E-state index in [0.29, 0.717) is 23.7 Å². The highest BCUT2D eigenvalue weighted by atomic mass is 32.2. The molecule has 0 aromatic heterocycles. The minimum absolute atomic E-state index is 0.144. The van der Waals surface area contributed by atoms with Crippen molar-refractivity contribution in [3.63, 3.8) is 0 Å². The Morgan fingerprint density at radius 2 is 1.91 bits per heavy atom. The summed E-state index contributed by atoms with van der Waals surface area (Å²) in [5.74, 6) is 2.35. The van der Waals surface area contributed by atoms with Crippen LogP contribution >= 0.6 is 11.8 Å². The fourth-order valence-corrected chi connectivity index (χ4v) is 2.88. The van der Waals surface area contributed by atoms with Gasteiger partial charge in [0.05, 0.1) is 11.3 Å². The summed E-state index contributed by atoms with van der Waals surface area (Å²) in [6.45, 7) is 4.60. The van der Waals surface area contributed by atoms with E-state index in [1.54, 1.807) is 11.8 Å². The second-order valence-electron chi connectivity index (χ2n) is 5.25. The van der Waals surface area contributed by atoms with E-state index in [2.05, 4.69) is 6.92 Å². The lowest BCUT2D eigenvalue weighted by atomic mass is 10.1. The number of aryl methyl sites for hydroxylation is 1. The van der Waals surface area contributed by atoms with Crippen molar-refractivity contribution in [2.75, 3.05) is 11.5 Å². The second kappa shape index (κ2) is 8.64. The van der Waals surface area contributed by atoms with Crippen molar-refractivity contribution in [2.45, 2.75) is 26.9 Å². The second-order valence-corrected chi connectivity index (χ2v) is 6.35. The SMILES string of the molecule is CCCSCC(=O)c1cc(C)ccc1OCc1ccccc1. The van der Waals surface area contributed by atoms with Gasteiger partial charge in [0, 0.05) is 0 Å². The maximum absolute atomic E-state index is 12.4. The summed E-state index contributed by atoms with van der Waals surface area (Å²) in [4.78, 5) is 12.4. The van der Waals surface area contributed by atoms with Crippen LogP contribution in [0.3, 0.4) is 0 Å². The molecule has 0 unspecified atom stereocenters. The van der Waals surface area contributed by atoms with Gasteiger partial charge in [0.2, 0.25) is 0 Å². The van der Waals surface area contributed by atoms with Crippen LogP contribution in [0.5, 0.6) is 5.75 Å². The summed E-state index contributed by atoms with van der Waals surface area (Å²) in [5, 5.41) is 0. The van der Waals surface area contributed by atoms with Gasteiger partial charge in [-0.25, -0.2) is 0 Å². The first-order chi connectivity index (χ1) is 10.7. The van der Waals surface area contributed by atoms with Crippen molar-refractivity contribution in [3.8, 4) is 5.75 Å². The van der Waals surface area contributed by atoms with Crippen LogP contribution in [0.4, 0.5) is 0 Å². The predicted molar refractivity (Wildman–Crippen MR) is 93.9 cm³/mol. The van der Waals surface area contributed by atoms with Gasteiger partial charge in [-0.1, -0.05) is 48.9 Å². The van der Waals surface area contributed by atoms with Crippen molar-refractivity contribution in [3.05, 3.63) is 65.2 Å². The Hall–Kier alpha value is -1.74. The molecule has 0 aliphatic rings. The molecule has 0 radical (unpaired) electrons. The highest BCUT2D eigenvalue weighted by Gasteiger charge is 2.13. The summed E-state index contributed by atoms with van der Waals surface area (Å²) in [7, 11) is 0. The Labute approximate surface area is 136 Å². The van der Waals surface area contributed by atoms with Gasteiger partial charge < -0.3 is 4.74 Å². The van der Waals surface area contributed by atoms with E-state index in [0.717, 1.165) is 23.3 Å². The standard InChI is InChI=1S/C19H22O2S/c1-3-11-22-14-18(20)17-12-15(2)9-10-19(17)21-13-16-7-5-4-6-8-16/h4-10,12H,3,11,13-14H2,1-2H3. The van der Waals surface area contributed by atoms with Crippen molar-refractivity contribution in [2.24, 2.45) is 0 Å². The average molecular weight is 314 g/mol. The predicted octanol–water partition coefficient (Wildman–Crippen LogP) is 4.90. The number of carbonyl (C=O) groups is 1. The molecule has 0 spiro atoms. The van der Waals surface area contributed by atoms with E-state index >= 15 is 0 Å². The number of hydrogen-bond acceptors (Lipinski definition) is 3. The summed E-state index contributed by atoms with van der Waals surface area (Å²) >= 11 is 1.68. The van der Waals surface area contributed by atoms with Crippen LogP contribution in [0.1, 0.15) is 34.8 Å². The van der Waals surface area contributed by atoms with Crippen LogP contribution in [-0.4, -0.2) is 17.3 Å². The third kappa shape index (κ3) is 4.92. The minimum atomic E-state index is 0.144. The minimum Gasteiger partial charge on any atom is -0.488 e. The molecule has 0 saturated carbocycles. The Balaban J connectivity index is 2.08. The number of rotatable bonds is 8. The summed E-state index contributed by atoms with van der Waals surface area (Å²) in [6, 6.07) is 15.8.